The predicted octanol–water partition coefficient (Wildman–Crippen LogP) is 4.07. The lowest BCUT2D eigenvalue weighted by Crippen LogP contribution is -2.43. The molecule has 4 rings (SSSR count). The van der Waals surface area contributed by atoms with Crippen molar-refractivity contribution in [3.05, 3.63) is 79.2 Å². The van der Waals surface area contributed by atoms with Crippen molar-refractivity contribution in [2.24, 2.45) is 0 Å². The van der Waals surface area contributed by atoms with Crippen molar-refractivity contribution in [3.63, 3.8) is 0 Å². The molecule has 3 N–H and O–H groups in total. The monoisotopic (exact) mass is 473 g/mol. The Hall–Kier alpha value is -3.10. The standard InChI is InChI=1S/C20H13BrClN3O4/c1-9-13-8-11(21)2-4-15(13)23-17(9)19(27)25-24-18(26)14-7-10-6-12(22)3-5-16(10)29-20(14)28/h2-8,23H,1H3,(H,24,26)(H,25,27). The van der Waals surface area contributed by atoms with E-state index in [0.717, 1.165) is 20.9 Å². The highest BCUT2D eigenvalue weighted by Gasteiger charge is 2.18. The van der Waals surface area contributed by atoms with Crippen LogP contribution in [0.25, 0.3) is 21.9 Å². The number of hydrazine groups is 1. The van der Waals surface area contributed by atoms with Crippen molar-refractivity contribution >= 4 is 61.2 Å². The van der Waals surface area contributed by atoms with Gasteiger partial charge >= 0.3 is 5.63 Å². The van der Waals surface area contributed by atoms with Crippen LogP contribution in [0.4, 0.5) is 0 Å². The van der Waals surface area contributed by atoms with E-state index in [1.165, 1.54) is 6.07 Å². The number of carbonyl (C=O) groups is 2. The van der Waals surface area contributed by atoms with Gasteiger partial charge in [0.25, 0.3) is 11.8 Å². The second kappa shape index (κ2) is 7.38. The molecule has 146 valence electrons. The Morgan fingerprint density at radius 3 is 2.62 bits per heavy atom. The summed E-state index contributed by atoms with van der Waals surface area (Å²) in [7, 11) is 0. The molecule has 2 heterocycles. The van der Waals surface area contributed by atoms with Crippen LogP contribution >= 0.6 is 27.5 Å². The number of aryl methyl sites for hydroxylation is 1. The average Bonchev–Trinajstić information content (AvgIpc) is 3.02. The van der Waals surface area contributed by atoms with Gasteiger partial charge in [0, 0.05) is 25.8 Å². The van der Waals surface area contributed by atoms with Crippen LogP contribution in [-0.4, -0.2) is 16.8 Å². The van der Waals surface area contributed by atoms with Gasteiger partial charge in [0.1, 0.15) is 16.8 Å². The van der Waals surface area contributed by atoms with Crippen molar-refractivity contribution < 1.29 is 14.0 Å². The molecular formula is C20H13BrClN3O4. The number of aromatic amines is 1. The molecule has 2 aromatic heterocycles. The van der Waals surface area contributed by atoms with Crippen molar-refractivity contribution in [3.8, 4) is 0 Å². The van der Waals surface area contributed by atoms with Gasteiger partial charge < -0.3 is 9.40 Å². The molecule has 0 fully saturated rings. The van der Waals surface area contributed by atoms with E-state index in [1.807, 2.05) is 18.2 Å². The van der Waals surface area contributed by atoms with Crippen LogP contribution < -0.4 is 16.5 Å². The molecule has 9 heteroatoms. The molecule has 0 saturated carbocycles. The first kappa shape index (κ1) is 19.2. The summed E-state index contributed by atoms with van der Waals surface area (Å²) in [6.45, 7) is 1.80. The lowest BCUT2D eigenvalue weighted by atomic mass is 10.1. The molecule has 0 saturated heterocycles. The topological polar surface area (TPSA) is 104 Å². The Morgan fingerprint density at radius 1 is 1.07 bits per heavy atom. The first-order valence-electron chi connectivity index (χ1n) is 8.45. The molecule has 0 unspecified atom stereocenters. The summed E-state index contributed by atoms with van der Waals surface area (Å²) in [6, 6.07) is 11.6. The number of nitrogens with one attached hydrogen (secondary N) is 3. The zero-order valence-corrected chi connectivity index (χ0v) is 17.3. The van der Waals surface area contributed by atoms with Gasteiger partial charge in [-0.15, -0.1) is 0 Å². The third-order valence-corrected chi connectivity index (χ3v) is 5.20. The van der Waals surface area contributed by atoms with E-state index in [-0.39, 0.29) is 5.56 Å². The van der Waals surface area contributed by atoms with Crippen LogP contribution in [-0.2, 0) is 0 Å². The fraction of sp³-hybridized carbons (Fsp3) is 0.0500. The Kier molecular flexibility index (Phi) is 4.89. The molecule has 0 aliphatic heterocycles. The zero-order chi connectivity index (χ0) is 20.7. The van der Waals surface area contributed by atoms with E-state index in [0.29, 0.717) is 21.7 Å². The van der Waals surface area contributed by atoms with Crippen LogP contribution in [0, 0.1) is 6.92 Å². The molecule has 0 bridgehead atoms. The SMILES string of the molecule is Cc1c(C(=O)NNC(=O)c2cc3cc(Cl)ccc3oc2=O)[nH]c2ccc(Br)cc12. The van der Waals surface area contributed by atoms with Crippen molar-refractivity contribution in [1.29, 1.82) is 0 Å². The van der Waals surface area contributed by atoms with E-state index in [4.69, 9.17) is 16.0 Å². The van der Waals surface area contributed by atoms with E-state index < -0.39 is 17.4 Å². The van der Waals surface area contributed by atoms with Gasteiger partial charge in [-0.05, 0) is 55.0 Å². The second-order valence-corrected chi connectivity index (χ2v) is 7.70. The summed E-state index contributed by atoms with van der Waals surface area (Å²) in [4.78, 5) is 40.0. The number of rotatable bonds is 2. The molecule has 0 spiro atoms. The molecule has 2 aromatic carbocycles. The molecule has 0 aliphatic carbocycles. The molecule has 0 radical (unpaired) electrons. The summed E-state index contributed by atoms with van der Waals surface area (Å²) in [5.41, 5.74) is 5.60. The number of amides is 2. The number of fused-ring (bicyclic) bond motifs is 2. The van der Waals surface area contributed by atoms with Crippen LogP contribution in [0.1, 0.15) is 26.4 Å². The molecule has 4 aromatic rings. The van der Waals surface area contributed by atoms with Gasteiger partial charge in [-0.3, -0.25) is 20.4 Å². The second-order valence-electron chi connectivity index (χ2n) is 6.35. The van der Waals surface area contributed by atoms with Crippen molar-refractivity contribution in [2.75, 3.05) is 0 Å². The number of H-pyrrole nitrogens is 1. The van der Waals surface area contributed by atoms with Crippen LogP contribution in [0.15, 0.2) is 56.1 Å². The quantitative estimate of drug-likeness (QED) is 0.301. The average molecular weight is 475 g/mol. The van der Waals surface area contributed by atoms with E-state index in [1.54, 1.807) is 25.1 Å². The van der Waals surface area contributed by atoms with E-state index >= 15 is 0 Å². The summed E-state index contributed by atoms with van der Waals surface area (Å²) >= 11 is 9.33. The normalized spacial score (nSPS) is 11.0. The van der Waals surface area contributed by atoms with Gasteiger partial charge in [0.15, 0.2) is 0 Å². The summed E-state index contributed by atoms with van der Waals surface area (Å²) in [5, 5.41) is 1.81. The summed E-state index contributed by atoms with van der Waals surface area (Å²) < 4.78 is 6.02. The number of hydrogen-bond donors (Lipinski definition) is 3. The first-order valence-corrected chi connectivity index (χ1v) is 9.62. The molecular weight excluding hydrogens is 462 g/mol. The lowest BCUT2D eigenvalue weighted by Gasteiger charge is -2.07. The molecule has 0 atom stereocenters. The van der Waals surface area contributed by atoms with E-state index in [2.05, 4.69) is 31.8 Å². The molecule has 7 nitrogen and oxygen atoms in total. The fourth-order valence-electron chi connectivity index (χ4n) is 3.02. The van der Waals surface area contributed by atoms with Crippen LogP contribution in [0.2, 0.25) is 5.02 Å². The largest absolute Gasteiger partial charge is 0.422 e. The van der Waals surface area contributed by atoms with Crippen molar-refractivity contribution in [1.82, 2.24) is 15.8 Å². The number of aromatic nitrogens is 1. The fourth-order valence-corrected chi connectivity index (χ4v) is 3.56. The van der Waals surface area contributed by atoms with Gasteiger partial charge in [-0.25, -0.2) is 4.79 Å². The van der Waals surface area contributed by atoms with Gasteiger partial charge in [-0.1, -0.05) is 27.5 Å². The number of hydrogen-bond acceptors (Lipinski definition) is 4. The third kappa shape index (κ3) is 3.64. The first-order chi connectivity index (χ1) is 13.8. The maximum Gasteiger partial charge on any atom is 0.349 e. The number of benzene rings is 2. The Bertz CT molecular complexity index is 1360. The van der Waals surface area contributed by atoms with Gasteiger partial charge in [0.05, 0.1) is 0 Å². The number of halogens is 2. The minimum atomic E-state index is -0.821. The smallest absolute Gasteiger partial charge is 0.349 e. The Balaban J connectivity index is 1.56. The van der Waals surface area contributed by atoms with Gasteiger partial charge in [-0.2, -0.15) is 0 Å². The maximum absolute atomic E-state index is 12.5. The zero-order valence-electron chi connectivity index (χ0n) is 14.9. The minimum absolute atomic E-state index is 0.252. The van der Waals surface area contributed by atoms with Crippen molar-refractivity contribution in [2.45, 2.75) is 6.92 Å². The van der Waals surface area contributed by atoms with Crippen LogP contribution in [0.5, 0.6) is 0 Å². The molecule has 29 heavy (non-hydrogen) atoms. The highest BCUT2D eigenvalue weighted by atomic mass is 79.9. The number of carbonyl (C=O) groups excluding carboxylic acids is 2. The third-order valence-electron chi connectivity index (χ3n) is 4.48. The van der Waals surface area contributed by atoms with Crippen LogP contribution in [0.3, 0.4) is 0 Å². The lowest BCUT2D eigenvalue weighted by molar-refractivity contribution is 0.0842. The summed E-state index contributed by atoms with van der Waals surface area (Å²) in [5.74, 6) is -1.35. The van der Waals surface area contributed by atoms with Gasteiger partial charge in [0.2, 0.25) is 0 Å². The highest BCUT2D eigenvalue weighted by molar-refractivity contribution is 9.10. The highest BCUT2D eigenvalue weighted by Crippen LogP contribution is 2.25. The minimum Gasteiger partial charge on any atom is -0.422 e. The van der Waals surface area contributed by atoms with E-state index in [9.17, 15) is 14.4 Å². The summed E-state index contributed by atoms with van der Waals surface area (Å²) in [6.07, 6.45) is 0. The Labute approximate surface area is 177 Å². The molecule has 0 aliphatic rings. The predicted molar refractivity (Wildman–Crippen MR) is 113 cm³/mol. The Morgan fingerprint density at radius 2 is 1.83 bits per heavy atom. The maximum atomic E-state index is 12.5. The molecule has 2 amide bonds.